The maximum atomic E-state index is 5.50. The van der Waals surface area contributed by atoms with Crippen LogP contribution in [0.1, 0.15) is 0 Å². The molecule has 1 aliphatic rings. The molecule has 0 saturated heterocycles. The third kappa shape index (κ3) is 2.62. The Kier molecular flexibility index (Phi) is 3.51. The molecule has 29 heavy (non-hydrogen) atoms. The Morgan fingerprint density at radius 1 is 0.966 bits per heavy atom. The van der Waals surface area contributed by atoms with Crippen molar-refractivity contribution in [1.29, 1.82) is 0 Å². The SMILES string of the molecule is CN(c1ccc2c(c1)OCO2)c1nn2c(-c3ccc4ccccc4c3)cnc2s1. The summed E-state index contributed by atoms with van der Waals surface area (Å²) in [6.45, 7) is 0.267. The molecule has 0 bridgehead atoms. The van der Waals surface area contributed by atoms with E-state index < -0.39 is 0 Å². The van der Waals surface area contributed by atoms with E-state index in [9.17, 15) is 0 Å². The highest BCUT2D eigenvalue weighted by molar-refractivity contribution is 7.20. The van der Waals surface area contributed by atoms with Crippen LogP contribution >= 0.6 is 11.3 Å². The van der Waals surface area contributed by atoms with Gasteiger partial charge in [-0.15, -0.1) is 5.10 Å². The van der Waals surface area contributed by atoms with Gasteiger partial charge in [0, 0.05) is 24.4 Å². The van der Waals surface area contributed by atoms with Gasteiger partial charge in [-0.05, 0) is 29.0 Å². The lowest BCUT2D eigenvalue weighted by Crippen LogP contribution is -2.09. The number of nitrogens with zero attached hydrogens (tertiary/aromatic N) is 4. The van der Waals surface area contributed by atoms with E-state index >= 15 is 0 Å². The number of hydrogen-bond acceptors (Lipinski definition) is 6. The molecule has 0 saturated carbocycles. The molecule has 0 fully saturated rings. The van der Waals surface area contributed by atoms with Gasteiger partial charge in [-0.3, -0.25) is 0 Å². The zero-order chi connectivity index (χ0) is 19.4. The fourth-order valence-corrected chi connectivity index (χ4v) is 4.43. The molecule has 3 heterocycles. The highest BCUT2D eigenvalue weighted by Crippen LogP contribution is 2.38. The van der Waals surface area contributed by atoms with Crippen LogP contribution in [0.5, 0.6) is 11.5 Å². The third-order valence-electron chi connectivity index (χ3n) is 5.15. The van der Waals surface area contributed by atoms with Crippen LogP contribution in [0, 0.1) is 0 Å². The van der Waals surface area contributed by atoms with Gasteiger partial charge in [0.05, 0.1) is 11.9 Å². The molecule has 0 radical (unpaired) electrons. The van der Waals surface area contributed by atoms with Gasteiger partial charge in [0.2, 0.25) is 16.9 Å². The lowest BCUT2D eigenvalue weighted by atomic mass is 10.1. The Bertz CT molecular complexity index is 1370. The molecular formula is C22H16N4O2S. The normalized spacial score (nSPS) is 12.7. The molecule has 0 amide bonds. The summed E-state index contributed by atoms with van der Waals surface area (Å²) in [5, 5.41) is 8.10. The number of fused-ring (bicyclic) bond motifs is 3. The van der Waals surface area contributed by atoms with Crippen LogP contribution in [-0.2, 0) is 0 Å². The smallest absolute Gasteiger partial charge is 0.231 e. The van der Waals surface area contributed by atoms with E-state index in [1.165, 1.54) is 10.8 Å². The predicted molar refractivity (Wildman–Crippen MR) is 114 cm³/mol. The van der Waals surface area contributed by atoms with Crippen LogP contribution in [0.15, 0.2) is 66.9 Å². The van der Waals surface area contributed by atoms with Crippen molar-refractivity contribution in [3.8, 4) is 22.8 Å². The molecule has 0 unspecified atom stereocenters. The number of aromatic nitrogens is 3. The molecule has 3 aromatic carbocycles. The zero-order valence-electron chi connectivity index (χ0n) is 15.6. The average Bonchev–Trinajstić information content (AvgIpc) is 3.47. The average molecular weight is 400 g/mol. The molecule has 0 spiro atoms. The Morgan fingerprint density at radius 2 is 1.83 bits per heavy atom. The monoisotopic (exact) mass is 400 g/mol. The molecule has 2 aromatic heterocycles. The van der Waals surface area contributed by atoms with Gasteiger partial charge < -0.3 is 14.4 Å². The molecule has 142 valence electrons. The first-order valence-electron chi connectivity index (χ1n) is 9.23. The van der Waals surface area contributed by atoms with Crippen molar-refractivity contribution in [2.45, 2.75) is 0 Å². The van der Waals surface area contributed by atoms with Gasteiger partial charge in [0.15, 0.2) is 11.5 Å². The van der Waals surface area contributed by atoms with Crippen molar-refractivity contribution >= 4 is 37.9 Å². The first-order chi connectivity index (χ1) is 14.3. The zero-order valence-corrected chi connectivity index (χ0v) is 16.4. The molecule has 7 heteroatoms. The first-order valence-corrected chi connectivity index (χ1v) is 10.0. The summed E-state index contributed by atoms with van der Waals surface area (Å²) in [6.07, 6.45) is 1.88. The highest BCUT2D eigenvalue weighted by Gasteiger charge is 2.18. The van der Waals surface area contributed by atoms with Crippen molar-refractivity contribution in [3.05, 3.63) is 66.9 Å². The topological polar surface area (TPSA) is 51.9 Å². The molecule has 5 aromatic rings. The van der Waals surface area contributed by atoms with E-state index in [4.69, 9.17) is 14.6 Å². The van der Waals surface area contributed by atoms with Gasteiger partial charge >= 0.3 is 0 Å². The second kappa shape index (κ2) is 6.22. The molecule has 0 atom stereocenters. The highest BCUT2D eigenvalue weighted by atomic mass is 32.1. The molecule has 1 aliphatic heterocycles. The van der Waals surface area contributed by atoms with Crippen LogP contribution in [0.25, 0.3) is 27.0 Å². The van der Waals surface area contributed by atoms with Crippen LogP contribution in [-0.4, -0.2) is 28.4 Å². The van der Waals surface area contributed by atoms with Crippen molar-refractivity contribution < 1.29 is 9.47 Å². The largest absolute Gasteiger partial charge is 0.454 e. The van der Waals surface area contributed by atoms with Crippen LogP contribution in [0.3, 0.4) is 0 Å². The molecule has 6 nitrogen and oxygen atoms in total. The maximum Gasteiger partial charge on any atom is 0.231 e. The number of benzene rings is 3. The summed E-state index contributed by atoms with van der Waals surface area (Å²) >= 11 is 1.55. The van der Waals surface area contributed by atoms with E-state index in [1.54, 1.807) is 11.3 Å². The Morgan fingerprint density at radius 3 is 2.76 bits per heavy atom. The number of hydrogen-bond donors (Lipinski definition) is 0. The summed E-state index contributed by atoms with van der Waals surface area (Å²) in [5.41, 5.74) is 3.06. The van der Waals surface area contributed by atoms with E-state index in [0.717, 1.165) is 38.5 Å². The molecule has 6 rings (SSSR count). The number of rotatable bonds is 3. The fraction of sp³-hybridized carbons (Fsp3) is 0.0909. The maximum absolute atomic E-state index is 5.50. The van der Waals surface area contributed by atoms with Crippen molar-refractivity contribution in [3.63, 3.8) is 0 Å². The van der Waals surface area contributed by atoms with Gasteiger partial charge in [0.1, 0.15) is 0 Å². The predicted octanol–water partition coefficient (Wildman–Crippen LogP) is 5.11. The van der Waals surface area contributed by atoms with Crippen LogP contribution < -0.4 is 14.4 Å². The number of anilines is 2. The van der Waals surface area contributed by atoms with Crippen molar-refractivity contribution in [2.24, 2.45) is 0 Å². The van der Waals surface area contributed by atoms with E-state index in [0.29, 0.717) is 0 Å². The molecule has 0 aliphatic carbocycles. The van der Waals surface area contributed by atoms with Gasteiger partial charge in [-0.25, -0.2) is 9.50 Å². The third-order valence-corrected chi connectivity index (χ3v) is 6.15. The Balaban J connectivity index is 1.40. The van der Waals surface area contributed by atoms with E-state index in [1.807, 2.05) is 40.9 Å². The first kappa shape index (κ1) is 16.4. The van der Waals surface area contributed by atoms with Gasteiger partial charge in [-0.1, -0.05) is 47.7 Å². The Hall–Kier alpha value is -3.58. The minimum atomic E-state index is 0.267. The quantitative estimate of drug-likeness (QED) is 0.421. The van der Waals surface area contributed by atoms with Crippen LogP contribution in [0.4, 0.5) is 10.8 Å². The van der Waals surface area contributed by atoms with Crippen molar-refractivity contribution in [1.82, 2.24) is 14.6 Å². The lowest BCUT2D eigenvalue weighted by Gasteiger charge is -2.15. The fourth-order valence-electron chi connectivity index (χ4n) is 3.57. The summed E-state index contributed by atoms with van der Waals surface area (Å²) in [4.78, 5) is 7.47. The Labute approximate surface area is 170 Å². The lowest BCUT2D eigenvalue weighted by molar-refractivity contribution is 0.174. The van der Waals surface area contributed by atoms with Gasteiger partial charge in [0.25, 0.3) is 0 Å². The summed E-state index contributed by atoms with van der Waals surface area (Å²) < 4.78 is 12.8. The van der Waals surface area contributed by atoms with Crippen LogP contribution in [0.2, 0.25) is 0 Å². The summed E-state index contributed by atoms with van der Waals surface area (Å²) in [6, 6.07) is 20.7. The molecular weight excluding hydrogens is 384 g/mol. The second-order valence-corrected chi connectivity index (χ2v) is 7.82. The van der Waals surface area contributed by atoms with E-state index in [2.05, 4.69) is 47.4 Å². The van der Waals surface area contributed by atoms with Crippen molar-refractivity contribution in [2.75, 3.05) is 18.7 Å². The second-order valence-electron chi connectivity index (χ2n) is 6.88. The minimum Gasteiger partial charge on any atom is -0.454 e. The summed E-state index contributed by atoms with van der Waals surface area (Å²) in [7, 11) is 1.99. The minimum absolute atomic E-state index is 0.267. The van der Waals surface area contributed by atoms with E-state index in [-0.39, 0.29) is 6.79 Å². The standard InChI is InChI=1S/C22H16N4O2S/c1-25(17-8-9-19-20(11-17)28-13-27-19)22-24-26-18(12-23-21(26)29-22)16-7-6-14-4-2-3-5-15(14)10-16/h2-12H,13H2,1H3. The summed E-state index contributed by atoms with van der Waals surface area (Å²) in [5.74, 6) is 1.53. The number of ether oxygens (including phenoxy) is 2. The molecule has 0 N–H and O–H groups in total. The number of imidazole rings is 1. The van der Waals surface area contributed by atoms with Gasteiger partial charge in [-0.2, -0.15) is 0 Å².